The number of rotatable bonds is 3. The van der Waals surface area contributed by atoms with Gasteiger partial charge in [-0.1, -0.05) is 13.3 Å². The molecule has 1 N–H and O–H groups in total. The molecule has 1 aromatic rings. The molecule has 1 aromatic heterocycles. The summed E-state index contributed by atoms with van der Waals surface area (Å²) in [5.41, 5.74) is 2.01. The minimum absolute atomic E-state index is 0.344. The van der Waals surface area contributed by atoms with Crippen LogP contribution in [0.15, 0.2) is 6.20 Å². The monoisotopic (exact) mass is 168 g/mol. The zero-order chi connectivity index (χ0) is 9.14. The average molecular weight is 168 g/mol. The Labute approximate surface area is 73.0 Å². The van der Waals surface area contributed by atoms with E-state index in [0.29, 0.717) is 0 Å². The van der Waals surface area contributed by atoms with E-state index in [9.17, 15) is 5.11 Å². The highest BCUT2D eigenvalue weighted by Crippen LogP contribution is 2.20. The van der Waals surface area contributed by atoms with Gasteiger partial charge in [-0.2, -0.15) is 5.10 Å². The molecule has 1 atom stereocenters. The van der Waals surface area contributed by atoms with Gasteiger partial charge in [0.2, 0.25) is 0 Å². The Morgan fingerprint density at radius 2 is 2.33 bits per heavy atom. The highest BCUT2D eigenvalue weighted by molar-refractivity contribution is 5.18. The minimum atomic E-state index is -0.344. The Hall–Kier alpha value is -0.830. The van der Waals surface area contributed by atoms with Gasteiger partial charge in [-0.25, -0.2) is 0 Å². The van der Waals surface area contributed by atoms with Crippen molar-refractivity contribution in [2.24, 2.45) is 7.05 Å². The van der Waals surface area contributed by atoms with Crippen LogP contribution in [-0.4, -0.2) is 14.9 Å². The Bertz CT molecular complexity index is 255. The van der Waals surface area contributed by atoms with Crippen LogP contribution in [-0.2, 0) is 7.05 Å². The third-order valence-electron chi connectivity index (χ3n) is 2.19. The van der Waals surface area contributed by atoms with Gasteiger partial charge < -0.3 is 5.11 Å². The van der Waals surface area contributed by atoms with Gasteiger partial charge in [0.15, 0.2) is 0 Å². The van der Waals surface area contributed by atoms with Gasteiger partial charge >= 0.3 is 0 Å². The van der Waals surface area contributed by atoms with E-state index in [1.165, 1.54) is 0 Å². The first kappa shape index (κ1) is 9.26. The van der Waals surface area contributed by atoms with Gasteiger partial charge in [0, 0.05) is 18.3 Å². The van der Waals surface area contributed by atoms with Crippen molar-refractivity contribution in [1.82, 2.24) is 9.78 Å². The number of aryl methyl sites for hydroxylation is 1. The Morgan fingerprint density at radius 3 is 2.75 bits per heavy atom. The maximum atomic E-state index is 9.66. The molecule has 1 unspecified atom stereocenters. The number of hydrogen-bond acceptors (Lipinski definition) is 2. The lowest BCUT2D eigenvalue weighted by Crippen LogP contribution is -1.99. The second kappa shape index (κ2) is 3.72. The van der Waals surface area contributed by atoms with Gasteiger partial charge in [0.1, 0.15) is 0 Å². The quantitative estimate of drug-likeness (QED) is 0.743. The third kappa shape index (κ3) is 1.67. The molecule has 0 saturated carbocycles. The van der Waals surface area contributed by atoms with Crippen molar-refractivity contribution in [2.45, 2.75) is 32.8 Å². The van der Waals surface area contributed by atoms with Crippen LogP contribution in [0.3, 0.4) is 0 Å². The zero-order valence-corrected chi connectivity index (χ0v) is 7.91. The maximum absolute atomic E-state index is 9.66. The van der Waals surface area contributed by atoms with Crippen LogP contribution < -0.4 is 0 Å². The molecule has 1 heterocycles. The average Bonchev–Trinajstić information content (AvgIpc) is 2.34. The van der Waals surface area contributed by atoms with Crippen LogP contribution in [0.2, 0.25) is 0 Å². The summed E-state index contributed by atoms with van der Waals surface area (Å²) in [5, 5.41) is 13.7. The van der Waals surface area contributed by atoms with Crippen molar-refractivity contribution in [3.63, 3.8) is 0 Å². The Kier molecular flexibility index (Phi) is 2.87. The molecule has 0 saturated heterocycles. The predicted octanol–water partition coefficient (Wildman–Crippen LogP) is 1.56. The van der Waals surface area contributed by atoms with Gasteiger partial charge in [-0.15, -0.1) is 0 Å². The smallest absolute Gasteiger partial charge is 0.0823 e. The molecule has 0 spiro atoms. The summed E-state index contributed by atoms with van der Waals surface area (Å²) in [5.74, 6) is 0. The summed E-state index contributed by atoms with van der Waals surface area (Å²) in [6.45, 7) is 4.04. The molecule has 0 radical (unpaired) electrons. The number of aliphatic hydroxyl groups excluding tert-OH is 1. The van der Waals surface area contributed by atoms with Gasteiger partial charge in [0.25, 0.3) is 0 Å². The van der Waals surface area contributed by atoms with Crippen molar-refractivity contribution >= 4 is 0 Å². The van der Waals surface area contributed by atoms with E-state index in [2.05, 4.69) is 12.0 Å². The van der Waals surface area contributed by atoms with E-state index < -0.39 is 0 Å². The van der Waals surface area contributed by atoms with Crippen molar-refractivity contribution in [3.8, 4) is 0 Å². The Morgan fingerprint density at radius 1 is 1.67 bits per heavy atom. The fourth-order valence-electron chi connectivity index (χ4n) is 1.27. The molecule has 0 aliphatic rings. The lowest BCUT2D eigenvalue weighted by Gasteiger charge is -2.07. The number of hydrogen-bond donors (Lipinski definition) is 1. The van der Waals surface area contributed by atoms with Crippen molar-refractivity contribution < 1.29 is 5.11 Å². The summed E-state index contributed by atoms with van der Waals surface area (Å²) in [7, 11) is 1.89. The summed E-state index contributed by atoms with van der Waals surface area (Å²) in [6, 6.07) is 0. The van der Waals surface area contributed by atoms with Gasteiger partial charge in [-0.05, 0) is 13.3 Å². The van der Waals surface area contributed by atoms with Gasteiger partial charge in [0.05, 0.1) is 12.3 Å². The maximum Gasteiger partial charge on any atom is 0.0823 e. The van der Waals surface area contributed by atoms with E-state index in [4.69, 9.17) is 0 Å². The second-order valence-electron chi connectivity index (χ2n) is 3.11. The molecular weight excluding hydrogens is 152 g/mol. The lowest BCUT2D eigenvalue weighted by molar-refractivity contribution is 0.165. The molecule has 0 bridgehead atoms. The van der Waals surface area contributed by atoms with E-state index >= 15 is 0 Å². The molecule has 3 nitrogen and oxygen atoms in total. The van der Waals surface area contributed by atoms with E-state index in [1.54, 1.807) is 10.9 Å². The molecule has 0 amide bonds. The highest BCUT2D eigenvalue weighted by atomic mass is 16.3. The molecular formula is C9H16N2O. The normalized spacial score (nSPS) is 13.3. The first-order valence-electron chi connectivity index (χ1n) is 4.33. The summed E-state index contributed by atoms with van der Waals surface area (Å²) in [4.78, 5) is 0. The topological polar surface area (TPSA) is 38.1 Å². The van der Waals surface area contributed by atoms with Crippen LogP contribution in [0.5, 0.6) is 0 Å². The van der Waals surface area contributed by atoms with E-state index in [-0.39, 0.29) is 6.10 Å². The molecule has 68 valence electrons. The van der Waals surface area contributed by atoms with Crippen molar-refractivity contribution in [2.75, 3.05) is 0 Å². The lowest BCUT2D eigenvalue weighted by atomic mass is 10.1. The van der Waals surface area contributed by atoms with Crippen LogP contribution >= 0.6 is 0 Å². The fraction of sp³-hybridized carbons (Fsp3) is 0.667. The first-order chi connectivity index (χ1) is 5.66. The van der Waals surface area contributed by atoms with Crippen LogP contribution in [0, 0.1) is 6.92 Å². The second-order valence-corrected chi connectivity index (χ2v) is 3.11. The van der Waals surface area contributed by atoms with E-state index in [0.717, 1.165) is 24.1 Å². The fourth-order valence-corrected chi connectivity index (χ4v) is 1.27. The summed E-state index contributed by atoms with van der Waals surface area (Å²) < 4.78 is 1.79. The standard InChI is InChI=1S/C9H16N2O/c1-4-5-9(12)8-6-10-11(3)7(8)2/h6,9,12H,4-5H2,1-3H3. The van der Waals surface area contributed by atoms with E-state index in [1.807, 2.05) is 14.0 Å². The number of aromatic nitrogens is 2. The van der Waals surface area contributed by atoms with Crippen molar-refractivity contribution in [3.05, 3.63) is 17.5 Å². The largest absolute Gasteiger partial charge is 0.388 e. The summed E-state index contributed by atoms with van der Waals surface area (Å²) >= 11 is 0. The van der Waals surface area contributed by atoms with Crippen molar-refractivity contribution in [1.29, 1.82) is 0 Å². The third-order valence-corrected chi connectivity index (χ3v) is 2.19. The Balaban J connectivity index is 2.80. The highest BCUT2D eigenvalue weighted by Gasteiger charge is 2.11. The predicted molar refractivity (Wildman–Crippen MR) is 47.8 cm³/mol. The van der Waals surface area contributed by atoms with Crippen LogP contribution in [0.1, 0.15) is 37.1 Å². The molecule has 0 aromatic carbocycles. The van der Waals surface area contributed by atoms with Gasteiger partial charge in [-0.3, -0.25) is 4.68 Å². The molecule has 0 fully saturated rings. The number of aliphatic hydroxyl groups is 1. The summed E-state index contributed by atoms with van der Waals surface area (Å²) in [6.07, 6.45) is 3.21. The number of nitrogens with zero attached hydrogens (tertiary/aromatic N) is 2. The SMILES string of the molecule is CCCC(O)c1cnn(C)c1C. The molecule has 12 heavy (non-hydrogen) atoms. The molecule has 0 aliphatic carbocycles. The zero-order valence-electron chi connectivity index (χ0n) is 7.91. The van der Waals surface area contributed by atoms with Crippen LogP contribution in [0.25, 0.3) is 0 Å². The molecule has 3 heteroatoms. The molecule has 0 aliphatic heterocycles. The minimum Gasteiger partial charge on any atom is -0.388 e. The first-order valence-corrected chi connectivity index (χ1v) is 4.33. The molecule has 1 rings (SSSR count). The van der Waals surface area contributed by atoms with Crippen LogP contribution in [0.4, 0.5) is 0 Å².